The summed E-state index contributed by atoms with van der Waals surface area (Å²) in [5, 5.41) is 2.35. The van der Waals surface area contributed by atoms with Gasteiger partial charge in [-0.3, -0.25) is 4.57 Å². The van der Waals surface area contributed by atoms with Gasteiger partial charge >= 0.3 is 0 Å². The Morgan fingerprint density at radius 1 is 0.500 bits per heavy atom. The molecule has 0 saturated carbocycles. The van der Waals surface area contributed by atoms with Gasteiger partial charge < -0.3 is 14.5 Å². The number of hydrogen-bond acceptors (Lipinski definition) is 4. The Hall–Kier alpha value is -6.59. The largest absolute Gasteiger partial charge is 0.457 e. The molecule has 1 aliphatic heterocycles. The molecule has 6 aromatic carbocycles. The van der Waals surface area contributed by atoms with Gasteiger partial charge in [-0.15, -0.1) is 0 Å². The fraction of sp³-hybridized carbons (Fsp3) is 0.218. The van der Waals surface area contributed by atoms with E-state index in [2.05, 4.69) is 228 Å². The van der Waals surface area contributed by atoms with Crippen molar-refractivity contribution in [2.45, 2.75) is 71.6 Å². The lowest BCUT2D eigenvalue weighted by molar-refractivity contribution is 0.483. The van der Waals surface area contributed by atoms with Crippen molar-refractivity contribution in [1.82, 2.24) is 9.55 Å². The van der Waals surface area contributed by atoms with E-state index in [1.165, 1.54) is 44.6 Å². The van der Waals surface area contributed by atoms with Crippen LogP contribution in [0.15, 0.2) is 176 Å². The molecular formula is C55H54N4O. The van der Waals surface area contributed by atoms with Gasteiger partial charge in [0, 0.05) is 57.8 Å². The summed E-state index contributed by atoms with van der Waals surface area (Å²) in [5.74, 6) is 2.45. The first-order chi connectivity index (χ1) is 28.7. The SMILES string of the molecule is CC(C)(C)c1cc(-c2ccccc2)cc(N2CN(c3cccc(Oc4ccc5c6ccccc6n(-c6cc(C(C)(C)C)ccn6)c5c4)c3)C=C2C(C)(C)c2ccccc2)c1. The van der Waals surface area contributed by atoms with Gasteiger partial charge in [0.2, 0.25) is 0 Å². The van der Waals surface area contributed by atoms with Crippen molar-refractivity contribution >= 4 is 33.2 Å². The fourth-order valence-electron chi connectivity index (χ4n) is 8.49. The van der Waals surface area contributed by atoms with Crippen LogP contribution in [-0.2, 0) is 16.2 Å². The highest BCUT2D eigenvalue weighted by atomic mass is 16.5. The van der Waals surface area contributed by atoms with E-state index in [9.17, 15) is 0 Å². The molecule has 0 N–H and O–H groups in total. The smallest absolute Gasteiger partial charge is 0.137 e. The zero-order valence-corrected chi connectivity index (χ0v) is 36.1. The van der Waals surface area contributed by atoms with Crippen LogP contribution in [-0.4, -0.2) is 16.2 Å². The highest BCUT2D eigenvalue weighted by Gasteiger charge is 2.36. The standard InChI is InChI=1S/C55H54N4O/c1-53(2,3)41-28-29-56-52(33-41)59-49-25-16-15-24-47(49)48-27-26-46(35-50(48)59)60-45-23-17-22-43(34-45)57-36-51(55(7,8)40-20-13-10-14-21-40)58(37-57)44-31-39(38-18-11-9-12-19-38)30-42(32-44)54(4,5)6/h9-36H,37H2,1-8H3. The predicted octanol–water partition coefficient (Wildman–Crippen LogP) is 14.3. The van der Waals surface area contributed by atoms with Crippen LogP contribution in [0.3, 0.4) is 0 Å². The molecule has 5 nitrogen and oxygen atoms in total. The fourth-order valence-corrected chi connectivity index (χ4v) is 8.49. The van der Waals surface area contributed by atoms with Crippen LogP contribution in [0.25, 0.3) is 38.8 Å². The molecule has 60 heavy (non-hydrogen) atoms. The maximum Gasteiger partial charge on any atom is 0.137 e. The number of fused-ring (bicyclic) bond motifs is 3. The monoisotopic (exact) mass is 786 g/mol. The van der Waals surface area contributed by atoms with Gasteiger partial charge in [0.1, 0.15) is 17.3 Å². The third-order valence-electron chi connectivity index (χ3n) is 12.1. The lowest BCUT2D eigenvalue weighted by Crippen LogP contribution is -2.34. The van der Waals surface area contributed by atoms with Crippen molar-refractivity contribution in [3.05, 3.63) is 193 Å². The first kappa shape index (κ1) is 38.9. The number of pyridine rings is 1. The molecule has 0 aliphatic carbocycles. The number of allylic oxidation sites excluding steroid dienone is 1. The topological polar surface area (TPSA) is 33.5 Å². The minimum atomic E-state index is -0.288. The first-order valence-electron chi connectivity index (χ1n) is 21.1. The number of benzene rings is 6. The molecule has 1 aliphatic rings. The molecule has 9 rings (SSSR count). The third-order valence-corrected chi connectivity index (χ3v) is 12.1. The summed E-state index contributed by atoms with van der Waals surface area (Å²) >= 11 is 0. The van der Waals surface area contributed by atoms with Gasteiger partial charge in [-0.1, -0.05) is 146 Å². The van der Waals surface area contributed by atoms with Crippen molar-refractivity contribution < 1.29 is 4.74 Å². The van der Waals surface area contributed by atoms with E-state index in [-0.39, 0.29) is 16.2 Å². The molecule has 5 heteroatoms. The molecular weight excluding hydrogens is 733 g/mol. The second kappa shape index (κ2) is 14.9. The Balaban J connectivity index is 1.10. The summed E-state index contributed by atoms with van der Waals surface area (Å²) in [7, 11) is 0. The van der Waals surface area contributed by atoms with Gasteiger partial charge in [0.25, 0.3) is 0 Å². The summed E-state index contributed by atoms with van der Waals surface area (Å²) in [5.41, 5.74) is 11.6. The molecule has 0 radical (unpaired) electrons. The molecule has 0 atom stereocenters. The number of ether oxygens (including phenoxy) is 1. The molecule has 8 aromatic rings. The number of nitrogens with zero attached hydrogens (tertiary/aromatic N) is 4. The summed E-state index contributed by atoms with van der Waals surface area (Å²) < 4.78 is 9.01. The van der Waals surface area contributed by atoms with E-state index in [0.717, 1.165) is 39.4 Å². The maximum atomic E-state index is 6.75. The molecule has 0 saturated heterocycles. The highest BCUT2D eigenvalue weighted by molar-refractivity contribution is 6.09. The first-order valence-corrected chi connectivity index (χ1v) is 21.1. The minimum absolute atomic E-state index is 0.00305. The van der Waals surface area contributed by atoms with Gasteiger partial charge in [-0.25, -0.2) is 4.98 Å². The molecule has 0 spiro atoms. The number of anilines is 2. The minimum Gasteiger partial charge on any atom is -0.457 e. The second-order valence-electron chi connectivity index (χ2n) is 18.7. The quantitative estimate of drug-likeness (QED) is 0.154. The molecule has 0 amide bonds. The van der Waals surface area contributed by atoms with Crippen molar-refractivity contribution in [3.63, 3.8) is 0 Å². The van der Waals surface area contributed by atoms with Crippen LogP contribution in [0.1, 0.15) is 72.1 Å². The average Bonchev–Trinajstić information content (AvgIpc) is 3.85. The zero-order valence-electron chi connectivity index (χ0n) is 36.1. The maximum absolute atomic E-state index is 6.75. The number of hydrogen-bond donors (Lipinski definition) is 0. The van der Waals surface area contributed by atoms with E-state index >= 15 is 0 Å². The van der Waals surface area contributed by atoms with Crippen LogP contribution in [0.2, 0.25) is 0 Å². The Bertz CT molecular complexity index is 2870. The molecule has 300 valence electrons. The Morgan fingerprint density at radius 2 is 1.18 bits per heavy atom. The van der Waals surface area contributed by atoms with Gasteiger partial charge in [0.05, 0.1) is 17.7 Å². The molecule has 2 aromatic heterocycles. The Kier molecular flexibility index (Phi) is 9.66. The molecule has 0 fully saturated rings. The van der Waals surface area contributed by atoms with Crippen molar-refractivity contribution in [1.29, 1.82) is 0 Å². The summed E-state index contributed by atoms with van der Waals surface area (Å²) in [4.78, 5) is 9.73. The van der Waals surface area contributed by atoms with Crippen LogP contribution in [0.5, 0.6) is 11.5 Å². The highest BCUT2D eigenvalue weighted by Crippen LogP contribution is 2.44. The van der Waals surface area contributed by atoms with E-state index in [1.54, 1.807) is 0 Å². The van der Waals surface area contributed by atoms with E-state index < -0.39 is 0 Å². The predicted molar refractivity (Wildman–Crippen MR) is 252 cm³/mol. The van der Waals surface area contributed by atoms with Gasteiger partial charge in [-0.05, 0) is 93.2 Å². The molecule has 0 unspecified atom stereocenters. The lowest BCUT2D eigenvalue weighted by Gasteiger charge is -2.35. The van der Waals surface area contributed by atoms with Crippen LogP contribution >= 0.6 is 0 Å². The summed E-state index contributed by atoms with van der Waals surface area (Å²) in [6.45, 7) is 18.9. The Labute approximate surface area is 355 Å². The van der Waals surface area contributed by atoms with E-state index in [0.29, 0.717) is 6.67 Å². The summed E-state index contributed by atoms with van der Waals surface area (Å²) in [6.07, 6.45) is 4.26. The Morgan fingerprint density at radius 3 is 1.93 bits per heavy atom. The van der Waals surface area contributed by atoms with Crippen molar-refractivity contribution in [2.75, 3.05) is 16.5 Å². The third kappa shape index (κ3) is 7.34. The average molecular weight is 787 g/mol. The van der Waals surface area contributed by atoms with Crippen LogP contribution < -0.4 is 14.5 Å². The van der Waals surface area contributed by atoms with Crippen molar-refractivity contribution in [3.8, 4) is 28.4 Å². The number of rotatable bonds is 8. The molecule has 0 bridgehead atoms. The van der Waals surface area contributed by atoms with Crippen LogP contribution in [0, 0.1) is 0 Å². The zero-order chi connectivity index (χ0) is 41.8. The number of para-hydroxylation sites is 1. The van der Waals surface area contributed by atoms with Crippen LogP contribution in [0.4, 0.5) is 11.4 Å². The van der Waals surface area contributed by atoms with Gasteiger partial charge in [0.15, 0.2) is 0 Å². The number of aromatic nitrogens is 2. The van der Waals surface area contributed by atoms with E-state index in [1.807, 2.05) is 12.3 Å². The second-order valence-corrected chi connectivity index (χ2v) is 18.7. The lowest BCUT2D eigenvalue weighted by atomic mass is 9.80. The van der Waals surface area contributed by atoms with Gasteiger partial charge in [-0.2, -0.15) is 0 Å². The van der Waals surface area contributed by atoms with Crippen molar-refractivity contribution in [2.24, 2.45) is 0 Å². The molecule has 3 heterocycles. The van der Waals surface area contributed by atoms with E-state index in [4.69, 9.17) is 9.72 Å². The summed E-state index contributed by atoms with van der Waals surface area (Å²) in [6, 6.07) is 56.4. The normalized spacial score (nSPS) is 13.6.